The third-order valence-corrected chi connectivity index (χ3v) is 2.80. The summed E-state index contributed by atoms with van der Waals surface area (Å²) in [6, 6.07) is 0. The molecule has 0 aliphatic heterocycles. The molecule has 1 rings (SSSR count). The molecule has 1 amide bonds. The lowest BCUT2D eigenvalue weighted by Gasteiger charge is -2.14. The first kappa shape index (κ1) is 14.9. The first-order chi connectivity index (χ1) is 8.52. The Bertz CT molecular complexity index is 422. The van der Waals surface area contributed by atoms with Gasteiger partial charge in [0.1, 0.15) is 0 Å². The van der Waals surface area contributed by atoms with Crippen molar-refractivity contribution in [2.75, 3.05) is 6.54 Å². The van der Waals surface area contributed by atoms with Crippen LogP contribution < -0.4 is 16.2 Å². The van der Waals surface area contributed by atoms with E-state index >= 15 is 0 Å². The molecule has 0 bridgehead atoms. The van der Waals surface area contributed by atoms with Gasteiger partial charge in [0, 0.05) is 12.7 Å². The van der Waals surface area contributed by atoms with Gasteiger partial charge >= 0.3 is 0 Å². The second kappa shape index (κ2) is 7.32. The number of carbonyl (C=O) groups is 1. The Morgan fingerprint density at radius 2 is 2.33 bits per heavy atom. The number of thiocarbonyl (C=S) groups is 1. The fraction of sp³-hybridized carbons (Fsp3) is 0.500. The zero-order valence-corrected chi connectivity index (χ0v) is 12.6. The predicted octanol–water partition coefficient (Wildman–Crippen LogP) is 0.797. The fourth-order valence-corrected chi connectivity index (χ4v) is 1.77. The van der Waals surface area contributed by atoms with Crippen LogP contribution in [0.1, 0.15) is 13.8 Å². The van der Waals surface area contributed by atoms with Crippen LogP contribution in [-0.4, -0.2) is 27.3 Å². The van der Waals surface area contributed by atoms with Crippen molar-refractivity contribution in [1.82, 2.24) is 25.9 Å². The maximum atomic E-state index is 11.7. The summed E-state index contributed by atoms with van der Waals surface area (Å²) in [6.07, 6.45) is 3.50. The van der Waals surface area contributed by atoms with Crippen LogP contribution in [0.2, 0.25) is 0 Å². The van der Waals surface area contributed by atoms with Gasteiger partial charge in [-0.25, -0.2) is 0 Å². The average molecular weight is 334 g/mol. The quantitative estimate of drug-likeness (QED) is 0.561. The molecule has 1 heterocycles. The van der Waals surface area contributed by atoms with Gasteiger partial charge in [0.05, 0.1) is 23.1 Å². The molecule has 3 N–H and O–H groups in total. The topological polar surface area (TPSA) is 71.0 Å². The third-order valence-electron chi connectivity index (χ3n) is 2.15. The lowest BCUT2D eigenvalue weighted by Crippen LogP contribution is -2.48. The normalized spacial score (nSPS) is 11.7. The molecule has 0 spiro atoms. The summed E-state index contributed by atoms with van der Waals surface area (Å²) in [7, 11) is 0. The number of hydrogen-bond acceptors (Lipinski definition) is 3. The second-order valence-corrected chi connectivity index (χ2v) is 5.08. The van der Waals surface area contributed by atoms with Crippen molar-refractivity contribution in [2.45, 2.75) is 20.4 Å². The molecule has 1 unspecified atom stereocenters. The first-order valence-electron chi connectivity index (χ1n) is 5.54. The summed E-state index contributed by atoms with van der Waals surface area (Å²) in [5.74, 6) is -0.351. The Morgan fingerprint density at radius 1 is 1.61 bits per heavy atom. The number of nitrogens with zero attached hydrogens (tertiary/aromatic N) is 2. The highest BCUT2D eigenvalue weighted by atomic mass is 79.9. The maximum Gasteiger partial charge on any atom is 0.243 e. The molecule has 0 radical (unpaired) electrons. The minimum Gasteiger partial charge on any atom is -0.362 e. The first-order valence-corrected chi connectivity index (χ1v) is 6.74. The largest absolute Gasteiger partial charge is 0.362 e. The molecule has 1 atom stereocenters. The van der Waals surface area contributed by atoms with Crippen molar-refractivity contribution in [1.29, 1.82) is 0 Å². The smallest absolute Gasteiger partial charge is 0.243 e. The van der Waals surface area contributed by atoms with Gasteiger partial charge < -0.3 is 5.32 Å². The lowest BCUT2D eigenvalue weighted by atomic mass is 10.2. The van der Waals surface area contributed by atoms with Gasteiger partial charge in [0.25, 0.3) is 0 Å². The van der Waals surface area contributed by atoms with Crippen molar-refractivity contribution in [3.8, 4) is 0 Å². The van der Waals surface area contributed by atoms with Gasteiger partial charge in [-0.2, -0.15) is 5.10 Å². The average Bonchev–Trinajstić information content (AvgIpc) is 2.72. The summed E-state index contributed by atoms with van der Waals surface area (Å²) >= 11 is 8.24. The number of hydrazine groups is 1. The van der Waals surface area contributed by atoms with E-state index in [1.54, 1.807) is 10.9 Å². The summed E-state index contributed by atoms with van der Waals surface area (Å²) in [5, 5.41) is 7.37. The van der Waals surface area contributed by atoms with E-state index in [-0.39, 0.29) is 11.8 Å². The highest BCUT2D eigenvalue weighted by molar-refractivity contribution is 9.10. The molecule has 0 saturated heterocycles. The molecule has 0 aromatic carbocycles. The molecule has 18 heavy (non-hydrogen) atoms. The molecule has 100 valence electrons. The van der Waals surface area contributed by atoms with Gasteiger partial charge in [-0.3, -0.25) is 20.3 Å². The van der Waals surface area contributed by atoms with Gasteiger partial charge in [-0.1, -0.05) is 6.92 Å². The summed E-state index contributed by atoms with van der Waals surface area (Å²) in [5.41, 5.74) is 5.19. The molecule has 1 aromatic heterocycles. The van der Waals surface area contributed by atoms with E-state index in [9.17, 15) is 4.79 Å². The van der Waals surface area contributed by atoms with Crippen molar-refractivity contribution in [2.24, 2.45) is 5.92 Å². The number of aromatic nitrogens is 2. The van der Waals surface area contributed by atoms with Crippen LogP contribution in [0.5, 0.6) is 0 Å². The molecule has 0 aliphatic rings. The monoisotopic (exact) mass is 333 g/mol. The van der Waals surface area contributed by atoms with Crippen LogP contribution in [0.3, 0.4) is 0 Å². The standard InChI is InChI=1S/C10H16BrN5OS/c1-3-12-10(18)15-14-9(17)7(2)5-16-6-8(11)4-13-16/h4,6-7H,3,5H2,1-2H3,(H,14,17)(H2,12,15,18). The van der Waals surface area contributed by atoms with Crippen molar-refractivity contribution in [3.05, 3.63) is 16.9 Å². The highest BCUT2D eigenvalue weighted by Crippen LogP contribution is 2.08. The van der Waals surface area contributed by atoms with Crippen molar-refractivity contribution in [3.63, 3.8) is 0 Å². The van der Waals surface area contributed by atoms with Crippen molar-refractivity contribution < 1.29 is 4.79 Å². The van der Waals surface area contributed by atoms with E-state index in [0.29, 0.717) is 18.2 Å². The molecular weight excluding hydrogens is 318 g/mol. The molecule has 0 saturated carbocycles. The van der Waals surface area contributed by atoms with E-state index < -0.39 is 0 Å². The molecule has 0 aliphatic carbocycles. The summed E-state index contributed by atoms with van der Waals surface area (Å²) in [4.78, 5) is 11.7. The van der Waals surface area contributed by atoms with E-state index in [4.69, 9.17) is 12.2 Å². The molecule has 0 fully saturated rings. The third kappa shape index (κ3) is 5.01. The Morgan fingerprint density at radius 3 is 2.89 bits per heavy atom. The Labute approximate surface area is 120 Å². The van der Waals surface area contributed by atoms with Crippen LogP contribution in [0.15, 0.2) is 16.9 Å². The molecule has 8 heteroatoms. The van der Waals surface area contributed by atoms with E-state index in [1.165, 1.54) is 0 Å². The van der Waals surface area contributed by atoms with E-state index in [1.807, 2.05) is 20.0 Å². The number of halogens is 1. The number of carbonyl (C=O) groups excluding carboxylic acids is 1. The van der Waals surface area contributed by atoms with Crippen LogP contribution in [0.4, 0.5) is 0 Å². The summed E-state index contributed by atoms with van der Waals surface area (Å²) in [6.45, 7) is 4.96. The van der Waals surface area contributed by atoms with Crippen LogP contribution in [0.25, 0.3) is 0 Å². The molecule has 6 nitrogen and oxygen atoms in total. The van der Waals surface area contributed by atoms with E-state index in [0.717, 1.165) is 4.47 Å². The second-order valence-electron chi connectivity index (χ2n) is 3.76. The Kier molecular flexibility index (Phi) is 6.06. The zero-order chi connectivity index (χ0) is 13.5. The van der Waals surface area contributed by atoms with Gasteiger partial charge in [-0.05, 0) is 35.1 Å². The Hall–Kier alpha value is -1.15. The molecule has 1 aromatic rings. The van der Waals surface area contributed by atoms with Crippen molar-refractivity contribution >= 4 is 39.2 Å². The fourth-order valence-electron chi connectivity index (χ4n) is 1.25. The van der Waals surface area contributed by atoms with Crippen LogP contribution >= 0.6 is 28.1 Å². The number of hydrogen-bond donors (Lipinski definition) is 3. The zero-order valence-electron chi connectivity index (χ0n) is 10.2. The minimum absolute atomic E-state index is 0.137. The number of rotatable bonds is 4. The highest BCUT2D eigenvalue weighted by Gasteiger charge is 2.14. The van der Waals surface area contributed by atoms with Gasteiger partial charge in [-0.15, -0.1) is 0 Å². The molecular formula is C10H16BrN5OS. The van der Waals surface area contributed by atoms with Crippen LogP contribution in [0, 0.1) is 5.92 Å². The number of nitrogens with one attached hydrogen (secondary N) is 3. The maximum absolute atomic E-state index is 11.7. The SMILES string of the molecule is CCNC(=S)NNC(=O)C(C)Cn1cc(Br)cn1. The van der Waals surface area contributed by atoms with Gasteiger partial charge in [0.2, 0.25) is 5.91 Å². The minimum atomic E-state index is -0.214. The lowest BCUT2D eigenvalue weighted by molar-refractivity contribution is -0.125. The van der Waals surface area contributed by atoms with Gasteiger partial charge in [0.15, 0.2) is 5.11 Å². The van der Waals surface area contributed by atoms with Crippen LogP contribution in [-0.2, 0) is 11.3 Å². The number of amides is 1. The predicted molar refractivity (Wildman–Crippen MR) is 76.6 cm³/mol. The van der Waals surface area contributed by atoms with E-state index in [2.05, 4.69) is 37.2 Å². The Balaban J connectivity index is 2.35. The summed E-state index contributed by atoms with van der Waals surface area (Å²) < 4.78 is 2.60.